The number of hydrogen-bond acceptors (Lipinski definition) is 5. The summed E-state index contributed by atoms with van der Waals surface area (Å²) in [4.78, 5) is 38.7. The van der Waals surface area contributed by atoms with Gasteiger partial charge >= 0.3 is 12.2 Å². The van der Waals surface area contributed by atoms with E-state index in [4.69, 9.17) is 9.47 Å². The maximum atomic E-state index is 13.7. The number of likely N-dealkylation sites (tertiary alicyclic amines) is 1. The number of benzene rings is 2. The average Bonchev–Trinajstić information content (AvgIpc) is 3.42. The molecule has 40 heavy (non-hydrogen) atoms. The fourth-order valence-corrected chi connectivity index (χ4v) is 5.16. The van der Waals surface area contributed by atoms with E-state index in [9.17, 15) is 23.2 Å². The van der Waals surface area contributed by atoms with Crippen molar-refractivity contribution < 1.29 is 32.6 Å². The van der Waals surface area contributed by atoms with Crippen molar-refractivity contribution in [1.82, 2.24) is 15.5 Å². The third-order valence-corrected chi connectivity index (χ3v) is 7.00. The summed E-state index contributed by atoms with van der Waals surface area (Å²) in [6.07, 6.45) is -0.552. The minimum Gasteiger partial charge on any atom is -0.449 e. The predicted octanol–water partition coefficient (Wildman–Crippen LogP) is 5.46. The third-order valence-electron chi connectivity index (χ3n) is 7.00. The van der Waals surface area contributed by atoms with E-state index in [0.29, 0.717) is 19.4 Å². The molecule has 2 N–H and O–H groups in total. The van der Waals surface area contributed by atoms with Crippen LogP contribution in [0, 0.1) is 0 Å². The lowest BCUT2D eigenvalue weighted by molar-refractivity contribution is -0.134. The molecule has 2 aliphatic rings. The summed E-state index contributed by atoms with van der Waals surface area (Å²) in [5.74, 6) is -3.53. The van der Waals surface area contributed by atoms with Crippen LogP contribution < -0.4 is 10.6 Å². The predicted molar refractivity (Wildman–Crippen MR) is 146 cm³/mol. The Morgan fingerprint density at radius 1 is 1.00 bits per heavy atom. The average molecular weight is 558 g/mol. The molecule has 0 unspecified atom stereocenters. The summed E-state index contributed by atoms with van der Waals surface area (Å²) < 4.78 is 38.2. The molecule has 0 radical (unpaired) electrons. The van der Waals surface area contributed by atoms with Gasteiger partial charge in [-0.15, -0.1) is 0 Å². The summed E-state index contributed by atoms with van der Waals surface area (Å²) in [5.41, 5.74) is 3.77. The van der Waals surface area contributed by atoms with E-state index in [-0.39, 0.29) is 25.5 Å². The van der Waals surface area contributed by atoms with E-state index in [0.717, 1.165) is 27.2 Å². The van der Waals surface area contributed by atoms with Crippen LogP contribution >= 0.6 is 0 Å². The van der Waals surface area contributed by atoms with Gasteiger partial charge in [-0.05, 0) is 62.3 Å². The van der Waals surface area contributed by atoms with E-state index in [1.54, 1.807) is 20.8 Å². The zero-order valence-corrected chi connectivity index (χ0v) is 23.2. The van der Waals surface area contributed by atoms with Gasteiger partial charge in [-0.25, -0.2) is 18.4 Å². The van der Waals surface area contributed by atoms with Gasteiger partial charge < -0.3 is 25.0 Å². The minimum atomic E-state index is -2.93. The zero-order chi connectivity index (χ0) is 28.9. The van der Waals surface area contributed by atoms with E-state index in [2.05, 4.69) is 22.8 Å². The van der Waals surface area contributed by atoms with Crippen LogP contribution in [0.4, 0.5) is 18.4 Å². The van der Waals surface area contributed by atoms with Gasteiger partial charge in [0.1, 0.15) is 18.2 Å². The van der Waals surface area contributed by atoms with Gasteiger partial charge in [-0.3, -0.25) is 4.79 Å². The number of unbranched alkanes of at least 4 members (excludes halogenated alkanes) is 1. The highest BCUT2D eigenvalue weighted by molar-refractivity contribution is 5.86. The Morgan fingerprint density at radius 2 is 1.62 bits per heavy atom. The Kier molecular flexibility index (Phi) is 8.95. The molecule has 2 aromatic rings. The van der Waals surface area contributed by atoms with Crippen LogP contribution in [0.5, 0.6) is 0 Å². The van der Waals surface area contributed by atoms with Crippen LogP contribution in [0.15, 0.2) is 48.5 Å². The first kappa shape index (κ1) is 29.3. The first-order valence-electron chi connectivity index (χ1n) is 13.7. The number of rotatable bonds is 9. The van der Waals surface area contributed by atoms with E-state index in [1.165, 1.54) is 0 Å². The normalized spacial score (nSPS) is 16.6. The molecule has 4 rings (SSSR count). The van der Waals surface area contributed by atoms with E-state index < -0.39 is 48.6 Å². The fourth-order valence-electron chi connectivity index (χ4n) is 5.16. The summed E-state index contributed by atoms with van der Waals surface area (Å²) in [6, 6.07) is 15.2. The number of carbonyl (C=O) groups is 3. The number of alkyl carbamates (subject to hydrolysis) is 2. The van der Waals surface area contributed by atoms with Gasteiger partial charge in [0.25, 0.3) is 5.92 Å². The number of carbonyl (C=O) groups excluding carboxylic acids is 3. The van der Waals surface area contributed by atoms with Crippen molar-refractivity contribution in [3.8, 4) is 11.1 Å². The molecule has 0 bridgehead atoms. The molecule has 3 amide bonds. The Bertz CT molecular complexity index is 1180. The van der Waals surface area contributed by atoms with Crippen LogP contribution in [0.2, 0.25) is 0 Å². The molecule has 0 spiro atoms. The maximum absolute atomic E-state index is 13.7. The molecule has 0 aromatic heterocycles. The molecule has 0 saturated carbocycles. The molecular weight excluding hydrogens is 520 g/mol. The maximum Gasteiger partial charge on any atom is 0.408 e. The lowest BCUT2D eigenvalue weighted by Crippen LogP contribution is -2.49. The number of fused-ring (bicyclic) bond motifs is 3. The Balaban J connectivity index is 1.24. The summed E-state index contributed by atoms with van der Waals surface area (Å²) >= 11 is 0. The molecule has 1 atom stereocenters. The lowest BCUT2D eigenvalue weighted by atomic mass is 9.98. The zero-order valence-electron chi connectivity index (χ0n) is 23.2. The molecule has 1 saturated heterocycles. The van der Waals surface area contributed by atoms with Crippen molar-refractivity contribution >= 4 is 18.1 Å². The second-order valence-electron chi connectivity index (χ2n) is 11.3. The molecular formula is C30H37F2N3O5. The van der Waals surface area contributed by atoms with Gasteiger partial charge in [-0.2, -0.15) is 0 Å². The highest BCUT2D eigenvalue weighted by Gasteiger charge is 2.42. The number of nitrogens with zero attached hydrogens (tertiary/aromatic N) is 1. The lowest BCUT2D eigenvalue weighted by Gasteiger charge is -2.26. The van der Waals surface area contributed by atoms with E-state index in [1.807, 2.05) is 36.4 Å². The third kappa shape index (κ3) is 7.49. The Morgan fingerprint density at radius 3 is 2.20 bits per heavy atom. The number of ether oxygens (including phenoxy) is 2. The van der Waals surface area contributed by atoms with Gasteiger partial charge in [-0.1, -0.05) is 48.5 Å². The summed E-state index contributed by atoms with van der Waals surface area (Å²) in [7, 11) is 0. The molecule has 1 heterocycles. The highest BCUT2D eigenvalue weighted by atomic mass is 19.3. The monoisotopic (exact) mass is 557 g/mol. The second-order valence-corrected chi connectivity index (χ2v) is 11.3. The first-order chi connectivity index (χ1) is 18.9. The summed E-state index contributed by atoms with van der Waals surface area (Å²) in [5, 5.41) is 5.26. The Hall–Kier alpha value is -3.69. The summed E-state index contributed by atoms with van der Waals surface area (Å²) in [6.45, 7) is 4.85. The van der Waals surface area contributed by atoms with Crippen LogP contribution in [0.3, 0.4) is 0 Å². The Labute approximate surface area is 233 Å². The van der Waals surface area contributed by atoms with Gasteiger partial charge in [0.15, 0.2) is 0 Å². The van der Waals surface area contributed by atoms with Crippen LogP contribution in [-0.4, -0.2) is 66.8 Å². The largest absolute Gasteiger partial charge is 0.449 e. The highest BCUT2D eigenvalue weighted by Crippen LogP contribution is 2.44. The van der Waals surface area contributed by atoms with Crippen molar-refractivity contribution in [3.63, 3.8) is 0 Å². The molecule has 2 aromatic carbocycles. The molecule has 216 valence electrons. The molecule has 8 nitrogen and oxygen atoms in total. The molecule has 1 aliphatic carbocycles. The number of amides is 3. The molecule has 1 fully saturated rings. The molecule has 1 aliphatic heterocycles. The minimum absolute atomic E-state index is 0.0400. The number of halogens is 2. The van der Waals surface area contributed by atoms with Gasteiger partial charge in [0.05, 0.1) is 6.54 Å². The van der Waals surface area contributed by atoms with Crippen LogP contribution in [0.1, 0.15) is 63.5 Å². The number of alkyl halides is 2. The number of hydrogen-bond donors (Lipinski definition) is 2. The molecule has 10 heteroatoms. The second kappa shape index (κ2) is 12.2. The van der Waals surface area contributed by atoms with Crippen molar-refractivity contribution in [2.75, 3.05) is 26.2 Å². The van der Waals surface area contributed by atoms with Crippen molar-refractivity contribution in [2.45, 2.75) is 69.9 Å². The standard InChI is InChI=1S/C30H37F2N3O5/c1-29(2,3)40-28(38)34-25(26(36)35-17-15-30(31,32)19-35)14-8-9-16-33-27(37)39-18-24-22-12-6-4-10-20(22)21-11-5-7-13-23(21)24/h4-7,10-13,24-25H,8-9,14-19H2,1-3H3,(H,33,37)(H,34,38)/t25-/m0/s1. The first-order valence-corrected chi connectivity index (χ1v) is 13.7. The van der Waals surface area contributed by atoms with Crippen LogP contribution in [-0.2, 0) is 14.3 Å². The van der Waals surface area contributed by atoms with Crippen LogP contribution in [0.25, 0.3) is 11.1 Å². The van der Waals surface area contributed by atoms with Gasteiger partial charge in [0, 0.05) is 25.4 Å². The number of nitrogens with one attached hydrogen (secondary N) is 2. The van der Waals surface area contributed by atoms with Crippen molar-refractivity contribution in [1.29, 1.82) is 0 Å². The van der Waals surface area contributed by atoms with Crippen molar-refractivity contribution in [3.05, 3.63) is 59.7 Å². The van der Waals surface area contributed by atoms with Gasteiger partial charge in [0.2, 0.25) is 5.91 Å². The van der Waals surface area contributed by atoms with Crippen molar-refractivity contribution in [2.24, 2.45) is 0 Å². The quantitative estimate of drug-likeness (QED) is 0.400. The fraction of sp³-hybridized carbons (Fsp3) is 0.500. The van der Waals surface area contributed by atoms with E-state index >= 15 is 0 Å². The SMILES string of the molecule is CC(C)(C)OC(=O)N[C@@H](CCCCNC(=O)OCC1c2ccccc2-c2ccccc21)C(=O)N1CCC(F)(F)C1. The topological polar surface area (TPSA) is 97.0 Å². The smallest absolute Gasteiger partial charge is 0.408 e.